The van der Waals surface area contributed by atoms with Gasteiger partial charge < -0.3 is 24.1 Å². The lowest BCUT2D eigenvalue weighted by atomic mass is 9.47. The Balaban J connectivity index is 1.55. The smallest absolute Gasteiger partial charge is 0.192 e. The van der Waals surface area contributed by atoms with Crippen LogP contribution in [0, 0.1) is 28.6 Å². The van der Waals surface area contributed by atoms with Gasteiger partial charge >= 0.3 is 0 Å². The van der Waals surface area contributed by atoms with Crippen molar-refractivity contribution in [2.24, 2.45) is 28.6 Å². The van der Waals surface area contributed by atoms with E-state index in [-0.39, 0.29) is 46.0 Å². The Labute approximate surface area is 207 Å². The molecule has 10 atom stereocenters. The molecule has 1 heterocycles. The first kappa shape index (κ1) is 25.4. The van der Waals surface area contributed by atoms with E-state index in [1.807, 2.05) is 13.8 Å². The van der Waals surface area contributed by atoms with Crippen molar-refractivity contribution in [2.45, 2.75) is 135 Å². The second-order valence-corrected chi connectivity index (χ2v) is 19.3. The Kier molecular flexibility index (Phi) is 5.71. The summed E-state index contributed by atoms with van der Waals surface area (Å²) < 4.78 is 20.3. The highest BCUT2D eigenvalue weighted by molar-refractivity contribution is 6.74. The maximum atomic E-state index is 11.2. The molecule has 1 saturated heterocycles. The van der Waals surface area contributed by atoms with Gasteiger partial charge in [-0.05, 0) is 80.8 Å². The van der Waals surface area contributed by atoms with Gasteiger partial charge in [0.1, 0.15) is 0 Å². The average Bonchev–Trinajstić information content (AvgIpc) is 3.19. The maximum absolute atomic E-state index is 11.2. The maximum Gasteiger partial charge on any atom is 0.192 e. The van der Waals surface area contributed by atoms with Crippen LogP contribution < -0.4 is 0 Å². The van der Waals surface area contributed by atoms with Gasteiger partial charge in [0, 0.05) is 11.8 Å². The lowest BCUT2D eigenvalue weighted by Gasteiger charge is -2.60. The van der Waals surface area contributed by atoms with Crippen LogP contribution in [0.3, 0.4) is 0 Å². The second-order valence-electron chi connectivity index (χ2n) is 14.6. The second kappa shape index (κ2) is 7.64. The molecule has 4 aliphatic carbocycles. The molecule has 1 aliphatic heterocycles. The SMILES string of the molecule is CC1(C)O[C@@H]2C3C(=CC[C@@]4(C)C3CC[C@@H]4O[Si](C)(C)C(C)(C)C)[C@@]3(C)CC[C@@H](O)[C@H](O)C3[C@H]2O1. The average molecular weight is 493 g/mol. The van der Waals surface area contributed by atoms with Crippen molar-refractivity contribution in [3.8, 4) is 0 Å². The minimum absolute atomic E-state index is 0.0837. The number of allylic oxidation sites excluding steroid dienone is 1. The van der Waals surface area contributed by atoms with Crippen molar-refractivity contribution in [1.82, 2.24) is 0 Å². The Hall–Kier alpha value is -0.243. The third-order valence-electron chi connectivity index (χ3n) is 11.1. The molecule has 5 rings (SSSR count). The molecule has 0 spiro atoms. The van der Waals surface area contributed by atoms with E-state index in [1.54, 1.807) is 0 Å². The number of hydrogen-bond donors (Lipinski definition) is 2. The van der Waals surface area contributed by atoms with Crippen molar-refractivity contribution in [1.29, 1.82) is 0 Å². The fourth-order valence-corrected chi connectivity index (χ4v) is 9.65. The van der Waals surface area contributed by atoms with Crippen molar-refractivity contribution >= 4 is 8.32 Å². The van der Waals surface area contributed by atoms with Crippen molar-refractivity contribution < 1.29 is 24.1 Å². The molecule has 0 bridgehead atoms. The zero-order chi connectivity index (χ0) is 25.1. The summed E-state index contributed by atoms with van der Waals surface area (Å²) in [4.78, 5) is 0. The third kappa shape index (κ3) is 3.49. The fraction of sp³-hybridized carbons (Fsp3) is 0.929. The number of aliphatic hydroxyl groups excluding tert-OH is 2. The predicted octanol–water partition coefficient (Wildman–Crippen LogP) is 5.41. The molecule has 34 heavy (non-hydrogen) atoms. The largest absolute Gasteiger partial charge is 0.413 e. The summed E-state index contributed by atoms with van der Waals surface area (Å²) in [7, 11) is -1.88. The summed E-state index contributed by atoms with van der Waals surface area (Å²) in [5, 5.41) is 22.0. The first-order chi connectivity index (χ1) is 15.5. The van der Waals surface area contributed by atoms with E-state index < -0.39 is 26.3 Å². The highest BCUT2D eigenvalue weighted by atomic mass is 28.4. The molecule has 194 valence electrons. The Bertz CT molecular complexity index is 861. The minimum Gasteiger partial charge on any atom is -0.413 e. The predicted molar refractivity (Wildman–Crippen MR) is 136 cm³/mol. The Morgan fingerprint density at radius 1 is 1.00 bits per heavy atom. The molecule has 2 N–H and O–H groups in total. The molecule has 0 aromatic heterocycles. The van der Waals surface area contributed by atoms with Gasteiger partial charge in [0.05, 0.1) is 30.5 Å². The molecular weight excluding hydrogens is 444 g/mol. The van der Waals surface area contributed by atoms with Crippen molar-refractivity contribution in [3.63, 3.8) is 0 Å². The van der Waals surface area contributed by atoms with Gasteiger partial charge in [0.25, 0.3) is 0 Å². The topological polar surface area (TPSA) is 68.2 Å². The number of hydrogen-bond acceptors (Lipinski definition) is 5. The van der Waals surface area contributed by atoms with Gasteiger partial charge in [0.2, 0.25) is 0 Å². The molecule has 4 fully saturated rings. The minimum atomic E-state index is -1.88. The number of ether oxygens (including phenoxy) is 2. The molecule has 0 amide bonds. The Morgan fingerprint density at radius 2 is 1.65 bits per heavy atom. The van der Waals surface area contributed by atoms with Gasteiger partial charge in [-0.15, -0.1) is 0 Å². The standard InChI is InChI=1S/C28H48O5Si/c1-25(2,3)34(8,9)33-19-11-10-16-20-17(12-14-27(16,19)6)28(7)15-13-18(29)22(30)21(28)24-23(20)31-26(4,5)32-24/h12,16,18-24,29-30H,10-11,13-15H2,1-9H3/t16?,18-,19+,20?,21?,22+,23-,24-,27+,28-/m1/s1. The van der Waals surface area contributed by atoms with Crippen LogP contribution in [0.25, 0.3) is 0 Å². The summed E-state index contributed by atoms with van der Waals surface area (Å²) in [5.41, 5.74) is 1.37. The lowest BCUT2D eigenvalue weighted by molar-refractivity contribution is -0.176. The van der Waals surface area contributed by atoms with E-state index in [4.69, 9.17) is 13.9 Å². The van der Waals surface area contributed by atoms with Crippen LogP contribution in [-0.4, -0.2) is 54.8 Å². The number of fused-ring (bicyclic) bond motifs is 8. The summed E-state index contributed by atoms with van der Waals surface area (Å²) in [6.07, 6.45) is 5.81. The van der Waals surface area contributed by atoms with Crippen LogP contribution in [0.1, 0.15) is 80.6 Å². The van der Waals surface area contributed by atoms with E-state index in [0.717, 1.165) is 25.7 Å². The van der Waals surface area contributed by atoms with Gasteiger partial charge in [-0.25, -0.2) is 0 Å². The van der Waals surface area contributed by atoms with Crippen LogP contribution in [0.2, 0.25) is 18.1 Å². The normalized spacial score (nSPS) is 50.1. The van der Waals surface area contributed by atoms with E-state index >= 15 is 0 Å². The highest BCUT2D eigenvalue weighted by Crippen LogP contribution is 2.67. The summed E-state index contributed by atoms with van der Waals surface area (Å²) in [6.45, 7) is 20.5. The van der Waals surface area contributed by atoms with Crippen LogP contribution in [-0.2, 0) is 13.9 Å². The lowest BCUT2D eigenvalue weighted by Crippen LogP contribution is -2.64. The van der Waals surface area contributed by atoms with E-state index in [9.17, 15) is 10.2 Å². The molecular formula is C28H48O5Si. The quantitative estimate of drug-likeness (QED) is 0.398. The van der Waals surface area contributed by atoms with Gasteiger partial charge in [-0.1, -0.05) is 46.3 Å². The zero-order valence-electron chi connectivity index (χ0n) is 22.9. The van der Waals surface area contributed by atoms with E-state index in [0.29, 0.717) is 12.3 Å². The van der Waals surface area contributed by atoms with E-state index in [2.05, 4.69) is 53.8 Å². The molecule has 5 aliphatic rings. The molecule has 6 heteroatoms. The third-order valence-corrected chi connectivity index (χ3v) is 15.6. The molecule has 3 unspecified atom stereocenters. The number of aliphatic hydroxyl groups is 2. The molecule has 0 aromatic carbocycles. The molecule has 5 nitrogen and oxygen atoms in total. The van der Waals surface area contributed by atoms with Crippen LogP contribution in [0.15, 0.2) is 11.6 Å². The monoisotopic (exact) mass is 492 g/mol. The van der Waals surface area contributed by atoms with Gasteiger partial charge in [-0.3, -0.25) is 0 Å². The highest BCUT2D eigenvalue weighted by Gasteiger charge is 2.68. The summed E-state index contributed by atoms with van der Waals surface area (Å²) in [5.74, 6) is -0.0658. The zero-order valence-corrected chi connectivity index (χ0v) is 23.9. The Morgan fingerprint density at radius 3 is 2.29 bits per heavy atom. The van der Waals surface area contributed by atoms with Crippen molar-refractivity contribution in [2.75, 3.05) is 0 Å². The molecule has 0 aromatic rings. The summed E-state index contributed by atoms with van der Waals surface area (Å²) >= 11 is 0. The first-order valence-electron chi connectivity index (χ1n) is 13.6. The molecule has 0 radical (unpaired) electrons. The fourth-order valence-electron chi connectivity index (χ4n) is 8.20. The van der Waals surface area contributed by atoms with Crippen LogP contribution in [0.4, 0.5) is 0 Å². The summed E-state index contributed by atoms with van der Waals surface area (Å²) in [6, 6.07) is 0. The first-order valence-corrected chi connectivity index (χ1v) is 16.5. The number of rotatable bonds is 2. The van der Waals surface area contributed by atoms with Gasteiger partial charge in [0.15, 0.2) is 14.1 Å². The van der Waals surface area contributed by atoms with Gasteiger partial charge in [-0.2, -0.15) is 0 Å². The van der Waals surface area contributed by atoms with Crippen molar-refractivity contribution in [3.05, 3.63) is 11.6 Å². The van der Waals surface area contributed by atoms with Crippen LogP contribution in [0.5, 0.6) is 0 Å². The van der Waals surface area contributed by atoms with E-state index in [1.165, 1.54) is 5.57 Å². The molecule has 3 saturated carbocycles. The van der Waals surface area contributed by atoms with Crippen LogP contribution >= 0.6 is 0 Å².